The minimum Gasteiger partial charge on any atom is -0.496 e. The molecule has 140 valence electrons. The SMILES string of the molecule is CN=C(NCCc1cc(C)ccc1OC)NCc1ccc(COC)cc1. The van der Waals surface area contributed by atoms with E-state index in [2.05, 4.69) is 58.9 Å². The normalized spacial score (nSPS) is 11.3. The summed E-state index contributed by atoms with van der Waals surface area (Å²) < 4.78 is 10.6. The Labute approximate surface area is 156 Å². The van der Waals surface area contributed by atoms with E-state index in [9.17, 15) is 0 Å². The molecule has 2 N–H and O–H groups in total. The molecule has 5 heteroatoms. The van der Waals surface area contributed by atoms with E-state index in [1.54, 1.807) is 21.3 Å². The van der Waals surface area contributed by atoms with Gasteiger partial charge >= 0.3 is 0 Å². The van der Waals surface area contributed by atoms with Crippen LogP contribution in [-0.2, 0) is 24.3 Å². The van der Waals surface area contributed by atoms with E-state index in [4.69, 9.17) is 9.47 Å². The van der Waals surface area contributed by atoms with Crippen LogP contribution in [0.1, 0.15) is 22.3 Å². The van der Waals surface area contributed by atoms with Crippen LogP contribution in [0, 0.1) is 6.92 Å². The summed E-state index contributed by atoms with van der Waals surface area (Å²) in [5, 5.41) is 6.69. The van der Waals surface area contributed by atoms with E-state index >= 15 is 0 Å². The van der Waals surface area contributed by atoms with Gasteiger partial charge in [-0.3, -0.25) is 4.99 Å². The van der Waals surface area contributed by atoms with Crippen LogP contribution in [0.3, 0.4) is 0 Å². The van der Waals surface area contributed by atoms with Gasteiger partial charge in [0.1, 0.15) is 5.75 Å². The van der Waals surface area contributed by atoms with Crippen molar-refractivity contribution in [3.8, 4) is 5.75 Å². The van der Waals surface area contributed by atoms with Crippen LogP contribution in [-0.4, -0.2) is 33.8 Å². The van der Waals surface area contributed by atoms with Gasteiger partial charge in [-0.05, 0) is 36.1 Å². The molecule has 0 heterocycles. The number of ether oxygens (including phenoxy) is 2. The van der Waals surface area contributed by atoms with Crippen molar-refractivity contribution in [2.45, 2.75) is 26.5 Å². The highest BCUT2D eigenvalue weighted by molar-refractivity contribution is 5.79. The smallest absolute Gasteiger partial charge is 0.191 e. The zero-order valence-corrected chi connectivity index (χ0v) is 16.1. The van der Waals surface area contributed by atoms with Crippen LogP contribution < -0.4 is 15.4 Å². The molecule has 5 nitrogen and oxygen atoms in total. The van der Waals surface area contributed by atoms with Crippen LogP contribution in [0.25, 0.3) is 0 Å². The molecule has 0 aromatic heterocycles. The third-order valence-electron chi connectivity index (χ3n) is 4.14. The summed E-state index contributed by atoms with van der Waals surface area (Å²) in [5.74, 6) is 1.72. The van der Waals surface area contributed by atoms with E-state index in [-0.39, 0.29) is 0 Å². The third kappa shape index (κ3) is 6.08. The third-order valence-corrected chi connectivity index (χ3v) is 4.14. The van der Waals surface area contributed by atoms with Gasteiger partial charge < -0.3 is 20.1 Å². The van der Waals surface area contributed by atoms with Crippen molar-refractivity contribution in [1.29, 1.82) is 0 Å². The first-order valence-corrected chi connectivity index (χ1v) is 8.81. The molecule has 0 aliphatic rings. The zero-order valence-electron chi connectivity index (χ0n) is 16.1. The van der Waals surface area contributed by atoms with E-state index in [1.807, 2.05) is 6.07 Å². The number of aryl methyl sites for hydroxylation is 1. The standard InChI is InChI=1S/C21H29N3O2/c1-16-5-10-20(26-4)19(13-16)11-12-23-21(22-2)24-14-17-6-8-18(9-7-17)15-25-3/h5-10,13H,11-12,14-15H2,1-4H3,(H2,22,23,24). The van der Waals surface area contributed by atoms with E-state index < -0.39 is 0 Å². The van der Waals surface area contributed by atoms with Crippen molar-refractivity contribution in [1.82, 2.24) is 10.6 Å². The quantitative estimate of drug-likeness (QED) is 0.564. The number of hydrogen-bond donors (Lipinski definition) is 2. The maximum atomic E-state index is 5.43. The Bertz CT molecular complexity index is 712. The summed E-state index contributed by atoms with van der Waals surface area (Å²) in [4.78, 5) is 4.28. The van der Waals surface area contributed by atoms with Gasteiger partial charge in [-0.15, -0.1) is 0 Å². The molecule has 0 unspecified atom stereocenters. The molecule has 0 saturated carbocycles. The average Bonchev–Trinajstić information content (AvgIpc) is 2.66. The number of nitrogens with zero attached hydrogens (tertiary/aromatic N) is 1. The molecule has 2 rings (SSSR count). The van der Waals surface area contributed by atoms with Crippen molar-refractivity contribution < 1.29 is 9.47 Å². The predicted molar refractivity (Wildman–Crippen MR) is 107 cm³/mol. The molecule has 0 amide bonds. The maximum absolute atomic E-state index is 5.43. The van der Waals surface area contributed by atoms with Crippen LogP contribution >= 0.6 is 0 Å². The molecule has 2 aromatic rings. The first-order valence-electron chi connectivity index (χ1n) is 8.81. The highest BCUT2D eigenvalue weighted by Gasteiger charge is 2.04. The van der Waals surface area contributed by atoms with Gasteiger partial charge in [0.05, 0.1) is 13.7 Å². The molecule has 0 aliphatic heterocycles. The van der Waals surface area contributed by atoms with Gasteiger partial charge in [0.2, 0.25) is 0 Å². The van der Waals surface area contributed by atoms with Gasteiger partial charge in [-0.2, -0.15) is 0 Å². The average molecular weight is 355 g/mol. The van der Waals surface area contributed by atoms with Crippen LogP contribution in [0.2, 0.25) is 0 Å². The van der Waals surface area contributed by atoms with Crippen molar-refractivity contribution in [2.75, 3.05) is 27.8 Å². The number of methoxy groups -OCH3 is 2. The zero-order chi connectivity index (χ0) is 18.8. The number of guanidine groups is 1. The van der Waals surface area contributed by atoms with Crippen molar-refractivity contribution in [3.05, 3.63) is 64.7 Å². The second-order valence-electron chi connectivity index (χ2n) is 6.17. The first kappa shape index (κ1) is 19.8. The van der Waals surface area contributed by atoms with Crippen molar-refractivity contribution in [3.63, 3.8) is 0 Å². The Balaban J connectivity index is 1.82. The number of hydrogen-bond acceptors (Lipinski definition) is 3. The lowest BCUT2D eigenvalue weighted by Gasteiger charge is -2.14. The molecular formula is C21H29N3O2. The van der Waals surface area contributed by atoms with E-state index in [0.717, 1.165) is 31.2 Å². The summed E-state index contributed by atoms with van der Waals surface area (Å²) in [5.41, 5.74) is 4.81. The molecular weight excluding hydrogens is 326 g/mol. The maximum Gasteiger partial charge on any atom is 0.191 e. The van der Waals surface area contributed by atoms with E-state index in [1.165, 1.54) is 22.3 Å². The Kier molecular flexibility index (Phi) is 7.96. The number of benzene rings is 2. The molecule has 0 radical (unpaired) electrons. The first-order chi connectivity index (χ1) is 12.7. The van der Waals surface area contributed by atoms with Gasteiger partial charge in [0.15, 0.2) is 5.96 Å². The number of nitrogens with one attached hydrogen (secondary N) is 2. The fraction of sp³-hybridized carbons (Fsp3) is 0.381. The molecule has 0 atom stereocenters. The molecule has 0 spiro atoms. The van der Waals surface area contributed by atoms with Gasteiger partial charge in [-0.25, -0.2) is 0 Å². The predicted octanol–water partition coefficient (Wildman–Crippen LogP) is 3.06. The Morgan fingerprint density at radius 1 is 1.00 bits per heavy atom. The summed E-state index contributed by atoms with van der Waals surface area (Å²) in [6, 6.07) is 14.6. The van der Waals surface area contributed by atoms with Crippen LogP contribution in [0.15, 0.2) is 47.5 Å². The lowest BCUT2D eigenvalue weighted by molar-refractivity contribution is 0.185. The topological polar surface area (TPSA) is 54.9 Å². The summed E-state index contributed by atoms with van der Waals surface area (Å²) in [6.07, 6.45) is 0.872. The number of rotatable bonds is 8. The van der Waals surface area contributed by atoms with Gasteiger partial charge in [-0.1, -0.05) is 42.0 Å². The molecule has 0 saturated heterocycles. The van der Waals surface area contributed by atoms with E-state index in [0.29, 0.717) is 6.61 Å². The summed E-state index contributed by atoms with van der Waals surface area (Å²) in [7, 11) is 5.20. The Morgan fingerprint density at radius 2 is 1.73 bits per heavy atom. The highest BCUT2D eigenvalue weighted by atomic mass is 16.5. The molecule has 26 heavy (non-hydrogen) atoms. The monoisotopic (exact) mass is 355 g/mol. The second kappa shape index (κ2) is 10.5. The molecule has 0 aliphatic carbocycles. The molecule has 0 bridgehead atoms. The van der Waals surface area contributed by atoms with Crippen molar-refractivity contribution >= 4 is 5.96 Å². The van der Waals surface area contributed by atoms with Crippen molar-refractivity contribution in [2.24, 2.45) is 4.99 Å². The van der Waals surface area contributed by atoms with Crippen LogP contribution in [0.5, 0.6) is 5.75 Å². The molecule has 0 fully saturated rings. The second-order valence-corrected chi connectivity index (χ2v) is 6.17. The number of aliphatic imine (C=N–C) groups is 1. The largest absolute Gasteiger partial charge is 0.496 e. The van der Waals surface area contributed by atoms with Gasteiger partial charge in [0, 0.05) is 27.2 Å². The minimum absolute atomic E-state index is 0.638. The lowest BCUT2D eigenvalue weighted by atomic mass is 10.1. The van der Waals surface area contributed by atoms with Gasteiger partial charge in [0.25, 0.3) is 0 Å². The lowest BCUT2D eigenvalue weighted by Crippen LogP contribution is -2.37. The van der Waals surface area contributed by atoms with Crippen LogP contribution in [0.4, 0.5) is 0 Å². The summed E-state index contributed by atoms with van der Waals surface area (Å²) >= 11 is 0. The minimum atomic E-state index is 0.638. The Morgan fingerprint density at radius 3 is 2.38 bits per heavy atom. The summed E-state index contributed by atoms with van der Waals surface area (Å²) in [6.45, 7) is 4.24. The fourth-order valence-corrected chi connectivity index (χ4v) is 2.74. The Hall–Kier alpha value is -2.53. The molecule has 2 aromatic carbocycles. The highest BCUT2D eigenvalue weighted by Crippen LogP contribution is 2.19. The fourth-order valence-electron chi connectivity index (χ4n) is 2.74.